The highest BCUT2D eigenvalue weighted by Crippen LogP contribution is 2.18. The van der Waals surface area contributed by atoms with Crippen molar-refractivity contribution in [3.05, 3.63) is 53.7 Å². The zero-order valence-electron chi connectivity index (χ0n) is 13.6. The molecule has 0 aliphatic heterocycles. The van der Waals surface area contributed by atoms with Crippen LogP contribution in [0.3, 0.4) is 0 Å². The molecule has 0 spiro atoms. The zero-order chi connectivity index (χ0) is 17.6. The van der Waals surface area contributed by atoms with Crippen molar-refractivity contribution in [2.75, 3.05) is 10.6 Å². The number of anilines is 3. The van der Waals surface area contributed by atoms with Crippen LogP contribution in [0.1, 0.15) is 17.2 Å². The number of aromatic amines is 1. The Kier molecular flexibility index (Phi) is 4.62. The summed E-state index contributed by atoms with van der Waals surface area (Å²) in [6, 6.07) is 11.4. The van der Waals surface area contributed by atoms with Crippen molar-refractivity contribution in [2.45, 2.75) is 13.8 Å². The van der Waals surface area contributed by atoms with Crippen LogP contribution in [0.4, 0.5) is 17.3 Å². The molecule has 0 atom stereocenters. The highest BCUT2D eigenvalue weighted by atomic mass is 15.5. The molecular formula is C16H15N9. The van der Waals surface area contributed by atoms with Crippen LogP contribution in [0.2, 0.25) is 0 Å². The third kappa shape index (κ3) is 4.14. The summed E-state index contributed by atoms with van der Waals surface area (Å²) in [6.45, 7) is 3.85. The second-order valence-corrected chi connectivity index (χ2v) is 5.23. The van der Waals surface area contributed by atoms with Crippen LogP contribution >= 0.6 is 0 Å². The Labute approximate surface area is 143 Å². The van der Waals surface area contributed by atoms with Gasteiger partial charge in [-0.3, -0.25) is 0 Å². The summed E-state index contributed by atoms with van der Waals surface area (Å²) in [5.74, 6) is 0.794. The lowest BCUT2D eigenvalue weighted by Crippen LogP contribution is -2.00. The van der Waals surface area contributed by atoms with E-state index in [4.69, 9.17) is 5.26 Å². The molecule has 0 bridgehead atoms. The predicted octanol–water partition coefficient (Wildman–Crippen LogP) is 2.33. The third-order valence-electron chi connectivity index (χ3n) is 3.21. The summed E-state index contributed by atoms with van der Waals surface area (Å²) >= 11 is 0. The predicted molar refractivity (Wildman–Crippen MR) is 92.6 cm³/mol. The molecule has 0 saturated carbocycles. The number of hydrogen-bond acceptors (Lipinski definition) is 8. The van der Waals surface area contributed by atoms with Gasteiger partial charge in [0, 0.05) is 29.0 Å². The van der Waals surface area contributed by atoms with Crippen molar-refractivity contribution in [1.82, 2.24) is 30.6 Å². The Morgan fingerprint density at radius 2 is 1.80 bits per heavy atom. The van der Waals surface area contributed by atoms with E-state index in [0.29, 0.717) is 5.95 Å². The maximum Gasteiger partial charge on any atom is 0.227 e. The number of hydrogen-bond donors (Lipinski definition) is 3. The number of H-pyrrole nitrogens is 1. The fourth-order valence-corrected chi connectivity index (χ4v) is 2.14. The molecule has 1 aromatic carbocycles. The third-order valence-corrected chi connectivity index (χ3v) is 3.21. The van der Waals surface area contributed by atoms with Crippen LogP contribution in [0.15, 0.2) is 36.5 Å². The lowest BCUT2D eigenvalue weighted by atomic mass is 10.2. The molecule has 124 valence electrons. The molecule has 3 rings (SSSR count). The molecule has 0 radical (unpaired) electrons. The number of aryl methyl sites for hydroxylation is 2. The highest BCUT2D eigenvalue weighted by Gasteiger charge is 2.05. The van der Waals surface area contributed by atoms with Gasteiger partial charge in [0.2, 0.25) is 11.8 Å². The van der Waals surface area contributed by atoms with Gasteiger partial charge in [0.1, 0.15) is 11.6 Å². The quantitative estimate of drug-likeness (QED) is 0.607. The second kappa shape index (κ2) is 7.18. The van der Waals surface area contributed by atoms with E-state index in [0.717, 1.165) is 22.8 Å². The fourth-order valence-electron chi connectivity index (χ4n) is 2.14. The molecule has 0 saturated heterocycles. The normalized spacial score (nSPS) is 11.0. The van der Waals surface area contributed by atoms with E-state index in [9.17, 15) is 0 Å². The van der Waals surface area contributed by atoms with E-state index in [-0.39, 0.29) is 11.4 Å². The van der Waals surface area contributed by atoms with E-state index in [2.05, 4.69) is 41.2 Å². The largest absolute Gasteiger partial charge is 0.360 e. The first-order valence-corrected chi connectivity index (χ1v) is 7.44. The van der Waals surface area contributed by atoms with E-state index in [1.807, 2.05) is 50.2 Å². The fraction of sp³-hybridized carbons (Fsp3) is 0.125. The molecule has 25 heavy (non-hydrogen) atoms. The van der Waals surface area contributed by atoms with Gasteiger partial charge in [-0.15, -0.1) is 10.2 Å². The number of nitrogens with one attached hydrogen (secondary N) is 3. The van der Waals surface area contributed by atoms with Crippen molar-refractivity contribution in [2.24, 2.45) is 0 Å². The maximum atomic E-state index is 9.12. The lowest BCUT2D eigenvalue weighted by molar-refractivity contribution is 0.881. The summed E-state index contributed by atoms with van der Waals surface area (Å²) in [6.07, 6.45) is 1.53. The summed E-state index contributed by atoms with van der Waals surface area (Å²) in [7, 11) is 0. The Balaban J connectivity index is 1.69. The SMILES string of the molecule is Cc1cc(C)nc(Nc2ccc(NC=C(C#N)c3nn[nH]n3)cc2)n1. The van der Waals surface area contributed by atoms with Gasteiger partial charge in [-0.05, 0) is 49.4 Å². The Morgan fingerprint density at radius 3 is 2.40 bits per heavy atom. The number of rotatable bonds is 5. The summed E-state index contributed by atoms with van der Waals surface area (Å²) in [5, 5.41) is 28.6. The molecular weight excluding hydrogens is 318 g/mol. The number of tetrazole rings is 1. The molecule has 2 aromatic heterocycles. The van der Waals surface area contributed by atoms with Gasteiger partial charge in [0.25, 0.3) is 0 Å². The molecule has 9 nitrogen and oxygen atoms in total. The first-order chi connectivity index (χ1) is 12.1. The van der Waals surface area contributed by atoms with Crippen molar-refractivity contribution in [1.29, 1.82) is 5.26 Å². The van der Waals surface area contributed by atoms with Crippen molar-refractivity contribution in [3.8, 4) is 6.07 Å². The van der Waals surface area contributed by atoms with Gasteiger partial charge in [-0.2, -0.15) is 10.5 Å². The summed E-state index contributed by atoms with van der Waals surface area (Å²) in [4.78, 5) is 8.69. The van der Waals surface area contributed by atoms with E-state index in [1.165, 1.54) is 6.20 Å². The van der Waals surface area contributed by atoms with Gasteiger partial charge in [-0.1, -0.05) is 0 Å². The van der Waals surface area contributed by atoms with Crippen LogP contribution < -0.4 is 10.6 Å². The van der Waals surface area contributed by atoms with E-state index >= 15 is 0 Å². The van der Waals surface area contributed by atoms with Gasteiger partial charge in [0.15, 0.2) is 0 Å². The molecule has 3 aromatic rings. The average Bonchev–Trinajstić information content (AvgIpc) is 3.10. The van der Waals surface area contributed by atoms with Gasteiger partial charge in [-0.25, -0.2) is 9.97 Å². The number of nitrogens with zero attached hydrogens (tertiary/aromatic N) is 6. The van der Waals surface area contributed by atoms with Gasteiger partial charge < -0.3 is 10.6 Å². The van der Waals surface area contributed by atoms with Crippen molar-refractivity contribution >= 4 is 22.9 Å². The zero-order valence-corrected chi connectivity index (χ0v) is 13.6. The van der Waals surface area contributed by atoms with Crippen LogP contribution in [-0.2, 0) is 0 Å². The number of aromatic nitrogens is 6. The Morgan fingerprint density at radius 1 is 1.12 bits per heavy atom. The van der Waals surface area contributed by atoms with Crippen molar-refractivity contribution < 1.29 is 0 Å². The molecule has 3 N–H and O–H groups in total. The minimum Gasteiger partial charge on any atom is -0.360 e. The standard InChI is InChI=1S/C16H15N9/c1-10-7-11(2)20-16(19-10)21-14-5-3-13(4-6-14)18-9-12(8-17)15-22-24-25-23-15/h3-7,9,18H,1-2H3,(H,19,20,21)(H,22,23,24,25). The van der Waals surface area contributed by atoms with Gasteiger partial charge >= 0.3 is 0 Å². The smallest absolute Gasteiger partial charge is 0.227 e. The van der Waals surface area contributed by atoms with Crippen LogP contribution in [-0.4, -0.2) is 30.6 Å². The molecule has 0 unspecified atom stereocenters. The maximum absolute atomic E-state index is 9.12. The monoisotopic (exact) mass is 333 g/mol. The van der Waals surface area contributed by atoms with E-state index in [1.54, 1.807) is 0 Å². The van der Waals surface area contributed by atoms with E-state index < -0.39 is 0 Å². The average molecular weight is 333 g/mol. The number of benzene rings is 1. The number of allylic oxidation sites excluding steroid dienone is 1. The highest BCUT2D eigenvalue weighted by molar-refractivity contribution is 5.74. The topological polar surface area (TPSA) is 128 Å². The van der Waals surface area contributed by atoms with Crippen LogP contribution in [0.5, 0.6) is 0 Å². The summed E-state index contributed by atoms with van der Waals surface area (Å²) < 4.78 is 0. The van der Waals surface area contributed by atoms with Crippen molar-refractivity contribution in [3.63, 3.8) is 0 Å². The molecule has 0 amide bonds. The van der Waals surface area contributed by atoms with Crippen LogP contribution in [0, 0.1) is 25.2 Å². The Bertz CT molecular complexity index is 901. The minimum absolute atomic E-state index is 0.236. The molecule has 9 heteroatoms. The molecule has 0 aliphatic rings. The first kappa shape index (κ1) is 16.1. The van der Waals surface area contributed by atoms with Crippen LogP contribution in [0.25, 0.3) is 5.57 Å². The summed E-state index contributed by atoms with van der Waals surface area (Å²) in [5.41, 5.74) is 3.76. The number of nitriles is 1. The lowest BCUT2D eigenvalue weighted by Gasteiger charge is -2.07. The molecule has 0 aliphatic carbocycles. The minimum atomic E-state index is 0.236. The Hall–Kier alpha value is -3.80. The second-order valence-electron chi connectivity index (χ2n) is 5.23. The first-order valence-electron chi connectivity index (χ1n) is 7.44. The molecule has 2 heterocycles. The van der Waals surface area contributed by atoms with Gasteiger partial charge in [0.05, 0.1) is 0 Å². The molecule has 0 fully saturated rings.